The molecule has 2 unspecified atom stereocenters. The fourth-order valence-electron chi connectivity index (χ4n) is 4.44. The van der Waals surface area contributed by atoms with Crippen LogP contribution in [0.2, 0.25) is 10.0 Å². The SMILES string of the molecule is CC(c1ccc(CC(=O)Nc2cc(Cl)c(C3(c4nc(-c5ccc(C#N)cc5)no4)CC3)c(Cl)c2)cc1)S(=O)[O-]. The lowest BCUT2D eigenvalue weighted by Crippen LogP contribution is -2.16. The van der Waals surface area contributed by atoms with Gasteiger partial charge in [0, 0.05) is 32.1 Å². The van der Waals surface area contributed by atoms with Gasteiger partial charge in [0.2, 0.25) is 17.6 Å². The summed E-state index contributed by atoms with van der Waals surface area (Å²) in [5.74, 6) is 0.537. The lowest BCUT2D eigenvalue weighted by molar-refractivity contribution is -0.115. The molecule has 8 nitrogen and oxygen atoms in total. The molecular formula is C28H21Cl2N4O4S-. The lowest BCUT2D eigenvalue weighted by atomic mass is 9.95. The summed E-state index contributed by atoms with van der Waals surface area (Å²) in [6, 6.07) is 19.1. The molecule has 1 aromatic heterocycles. The molecular weight excluding hydrogens is 559 g/mol. The van der Waals surface area contributed by atoms with E-state index in [-0.39, 0.29) is 12.3 Å². The van der Waals surface area contributed by atoms with Gasteiger partial charge in [0.25, 0.3) is 0 Å². The Labute approximate surface area is 237 Å². The zero-order valence-electron chi connectivity index (χ0n) is 20.6. The molecule has 1 fully saturated rings. The Morgan fingerprint density at radius 2 is 1.79 bits per heavy atom. The van der Waals surface area contributed by atoms with Gasteiger partial charge in [-0.1, -0.05) is 52.6 Å². The molecule has 1 aliphatic carbocycles. The number of anilines is 1. The quantitative estimate of drug-likeness (QED) is 0.249. The van der Waals surface area contributed by atoms with E-state index in [1.807, 2.05) is 0 Å². The summed E-state index contributed by atoms with van der Waals surface area (Å²) in [6.45, 7) is 1.60. The van der Waals surface area contributed by atoms with Gasteiger partial charge in [0.1, 0.15) is 0 Å². The summed E-state index contributed by atoms with van der Waals surface area (Å²) in [5, 5.41) is 16.1. The maximum absolute atomic E-state index is 12.7. The minimum absolute atomic E-state index is 0.0934. The standard InChI is InChI=1S/C28H22Cl2N4O4S/c1-16(39(36)37)19-6-2-17(3-7-19)12-24(35)32-21-13-22(29)25(23(30)14-21)28(10-11-28)27-33-26(34-38-27)20-8-4-18(15-31)5-9-20/h2-9,13-14,16H,10-12H2,1H3,(H,32,35)(H,36,37)/p-1. The van der Waals surface area contributed by atoms with Gasteiger partial charge in [-0.05, 0) is 78.4 Å². The van der Waals surface area contributed by atoms with Crippen LogP contribution in [0.25, 0.3) is 11.4 Å². The number of amides is 1. The third kappa shape index (κ3) is 5.60. The number of hydrogen-bond donors (Lipinski definition) is 1. The van der Waals surface area contributed by atoms with Crippen molar-refractivity contribution in [3.63, 3.8) is 0 Å². The minimum atomic E-state index is -2.21. The highest BCUT2D eigenvalue weighted by Crippen LogP contribution is 2.57. The van der Waals surface area contributed by atoms with Crippen LogP contribution in [0.5, 0.6) is 0 Å². The van der Waals surface area contributed by atoms with Crippen LogP contribution in [0.1, 0.15) is 53.2 Å². The number of nitrogens with one attached hydrogen (secondary N) is 1. The Morgan fingerprint density at radius 1 is 1.15 bits per heavy atom. The highest BCUT2D eigenvalue weighted by molar-refractivity contribution is 7.79. The van der Waals surface area contributed by atoms with E-state index >= 15 is 0 Å². The number of nitrogens with zero attached hydrogens (tertiary/aromatic N) is 3. The van der Waals surface area contributed by atoms with Crippen LogP contribution in [0.3, 0.4) is 0 Å². The van der Waals surface area contributed by atoms with Gasteiger partial charge in [-0.3, -0.25) is 9.00 Å². The van der Waals surface area contributed by atoms with Crippen molar-refractivity contribution in [2.24, 2.45) is 0 Å². The van der Waals surface area contributed by atoms with Crippen LogP contribution in [-0.4, -0.2) is 24.8 Å². The van der Waals surface area contributed by atoms with E-state index < -0.39 is 21.7 Å². The molecule has 2 atom stereocenters. The maximum atomic E-state index is 12.7. The molecule has 1 aliphatic rings. The first-order chi connectivity index (χ1) is 18.7. The Kier molecular flexibility index (Phi) is 7.56. The van der Waals surface area contributed by atoms with E-state index in [1.54, 1.807) is 67.6 Å². The summed E-state index contributed by atoms with van der Waals surface area (Å²) in [7, 11) is 0. The van der Waals surface area contributed by atoms with Gasteiger partial charge in [-0.2, -0.15) is 10.2 Å². The zero-order chi connectivity index (χ0) is 27.7. The third-order valence-corrected chi connectivity index (χ3v) is 8.21. The second kappa shape index (κ2) is 10.9. The van der Waals surface area contributed by atoms with Crippen molar-refractivity contribution in [3.8, 4) is 17.5 Å². The molecule has 3 aromatic carbocycles. The van der Waals surface area contributed by atoms with E-state index in [4.69, 9.17) is 33.0 Å². The van der Waals surface area contributed by atoms with Crippen LogP contribution >= 0.6 is 23.2 Å². The molecule has 0 spiro atoms. The third-order valence-electron chi connectivity index (χ3n) is 6.76. The van der Waals surface area contributed by atoms with Gasteiger partial charge >= 0.3 is 0 Å². The molecule has 11 heteroatoms. The number of aromatic nitrogens is 2. The molecule has 4 aromatic rings. The van der Waals surface area contributed by atoms with Crippen molar-refractivity contribution in [2.75, 3.05) is 5.32 Å². The normalized spacial score (nSPS) is 15.3. The summed E-state index contributed by atoms with van der Waals surface area (Å²) < 4.78 is 27.9. The molecule has 198 valence electrons. The topological polar surface area (TPSA) is 132 Å². The highest BCUT2D eigenvalue weighted by atomic mass is 35.5. The number of hydrogen-bond acceptors (Lipinski definition) is 7. The summed E-state index contributed by atoms with van der Waals surface area (Å²) in [4.78, 5) is 17.3. The first-order valence-corrected chi connectivity index (χ1v) is 13.9. The lowest BCUT2D eigenvalue weighted by Gasteiger charge is -2.17. The molecule has 1 saturated carbocycles. The van der Waals surface area contributed by atoms with Gasteiger partial charge in [0.15, 0.2) is 0 Å². The summed E-state index contributed by atoms with van der Waals surface area (Å²) in [5.41, 5.74) is 3.15. The van der Waals surface area contributed by atoms with Crippen LogP contribution in [0.4, 0.5) is 5.69 Å². The Hall–Kier alpha value is -3.55. The van der Waals surface area contributed by atoms with Crippen LogP contribution in [0, 0.1) is 11.3 Å². The van der Waals surface area contributed by atoms with Gasteiger partial charge in [-0.25, -0.2) is 0 Å². The van der Waals surface area contributed by atoms with E-state index in [0.29, 0.717) is 44.1 Å². The molecule has 0 saturated heterocycles. The maximum Gasteiger partial charge on any atom is 0.237 e. The Bertz CT molecular complexity index is 1590. The zero-order valence-corrected chi connectivity index (χ0v) is 22.9. The molecule has 0 bridgehead atoms. The fourth-order valence-corrected chi connectivity index (χ4v) is 5.66. The van der Waals surface area contributed by atoms with Crippen molar-refractivity contribution in [1.82, 2.24) is 10.1 Å². The van der Waals surface area contributed by atoms with Crippen molar-refractivity contribution in [3.05, 3.63) is 98.9 Å². The fraction of sp³-hybridized carbons (Fsp3) is 0.214. The summed E-state index contributed by atoms with van der Waals surface area (Å²) in [6.07, 6.45) is 1.54. The van der Waals surface area contributed by atoms with Crippen LogP contribution in [-0.2, 0) is 27.7 Å². The van der Waals surface area contributed by atoms with E-state index in [1.165, 1.54) is 0 Å². The average molecular weight is 580 g/mol. The number of rotatable bonds is 8. The summed E-state index contributed by atoms with van der Waals surface area (Å²) >= 11 is 11.1. The molecule has 1 heterocycles. The molecule has 1 amide bonds. The molecule has 0 radical (unpaired) electrons. The Balaban J connectivity index is 1.31. The minimum Gasteiger partial charge on any atom is -0.772 e. The van der Waals surface area contributed by atoms with Crippen molar-refractivity contribution < 1.29 is 18.1 Å². The smallest absolute Gasteiger partial charge is 0.237 e. The van der Waals surface area contributed by atoms with E-state index in [0.717, 1.165) is 24.0 Å². The first-order valence-electron chi connectivity index (χ1n) is 12.0. The highest BCUT2D eigenvalue weighted by Gasteiger charge is 2.53. The second-order valence-corrected chi connectivity index (χ2v) is 11.4. The van der Waals surface area contributed by atoms with E-state index in [9.17, 15) is 13.6 Å². The van der Waals surface area contributed by atoms with E-state index in [2.05, 4.69) is 21.5 Å². The monoisotopic (exact) mass is 579 g/mol. The largest absolute Gasteiger partial charge is 0.772 e. The van der Waals surface area contributed by atoms with Gasteiger partial charge < -0.3 is 14.4 Å². The van der Waals surface area contributed by atoms with Crippen LogP contribution in [0.15, 0.2) is 65.2 Å². The molecule has 0 aliphatic heterocycles. The number of carbonyl (C=O) groups excluding carboxylic acids is 1. The Morgan fingerprint density at radius 3 is 2.36 bits per heavy atom. The second-order valence-electron chi connectivity index (χ2n) is 9.38. The number of benzene rings is 3. The number of carbonyl (C=O) groups is 1. The van der Waals surface area contributed by atoms with Crippen LogP contribution < -0.4 is 5.32 Å². The first kappa shape index (κ1) is 27.0. The average Bonchev–Trinajstić information content (AvgIpc) is 3.54. The molecule has 5 rings (SSSR count). The predicted octanol–water partition coefficient (Wildman–Crippen LogP) is 6.12. The van der Waals surface area contributed by atoms with Crippen molar-refractivity contribution in [2.45, 2.75) is 36.9 Å². The van der Waals surface area contributed by atoms with Gasteiger partial charge in [-0.15, -0.1) is 0 Å². The number of halogens is 2. The van der Waals surface area contributed by atoms with Crippen molar-refractivity contribution in [1.29, 1.82) is 5.26 Å². The van der Waals surface area contributed by atoms with Crippen molar-refractivity contribution >= 4 is 45.9 Å². The predicted molar refractivity (Wildman–Crippen MR) is 147 cm³/mol. The molecule has 1 N–H and O–H groups in total. The molecule has 39 heavy (non-hydrogen) atoms. The van der Waals surface area contributed by atoms with Gasteiger partial charge in [0.05, 0.1) is 23.5 Å². The number of nitriles is 1.